The van der Waals surface area contributed by atoms with Crippen molar-refractivity contribution in [1.29, 1.82) is 0 Å². The predicted octanol–water partition coefficient (Wildman–Crippen LogP) is 3.24. The highest BCUT2D eigenvalue weighted by molar-refractivity contribution is 6.35. The zero-order valence-electron chi connectivity index (χ0n) is 14.7. The Morgan fingerprint density at radius 3 is 2.65 bits per heavy atom. The smallest absolute Gasteiger partial charge is 0.264 e. The third-order valence-corrected chi connectivity index (χ3v) is 4.78. The highest BCUT2D eigenvalue weighted by atomic mass is 35.5. The van der Waals surface area contributed by atoms with E-state index in [0.717, 1.165) is 11.3 Å². The lowest BCUT2D eigenvalue weighted by Gasteiger charge is -2.22. The number of halogens is 1. The topological polar surface area (TPSA) is 66.8 Å². The first-order valence-electron chi connectivity index (χ1n) is 8.36. The average molecular weight is 374 g/mol. The summed E-state index contributed by atoms with van der Waals surface area (Å²) in [7, 11) is 0. The van der Waals surface area contributed by atoms with Gasteiger partial charge in [0.25, 0.3) is 5.91 Å². The van der Waals surface area contributed by atoms with E-state index in [-0.39, 0.29) is 25.4 Å². The fourth-order valence-electron chi connectivity index (χ4n) is 3.27. The number of para-hydroxylation sites is 2. The predicted molar refractivity (Wildman–Crippen MR) is 99.7 cm³/mol. The van der Waals surface area contributed by atoms with E-state index in [4.69, 9.17) is 16.3 Å². The monoisotopic (exact) mass is 373 g/mol. The van der Waals surface area contributed by atoms with E-state index >= 15 is 0 Å². The Balaban J connectivity index is 1.85. The molecule has 1 atom stereocenters. The normalized spacial score (nSPS) is 18.8. The molecule has 6 heteroatoms. The molecule has 1 aliphatic heterocycles. The van der Waals surface area contributed by atoms with Crippen molar-refractivity contribution in [2.45, 2.75) is 25.9 Å². The standard InChI is InChI=1S/C20H20ClNO4/c1-13-6-3-4-9-17(13)26-11-10-22-18-15(7-5-8-16(18)21)20(25,19(22)24)12-14(2)23/h3-9,25H,10-12H2,1-2H3. The van der Waals surface area contributed by atoms with E-state index in [1.807, 2.05) is 31.2 Å². The number of ether oxygens (including phenoxy) is 1. The molecule has 1 N–H and O–H groups in total. The number of hydrogen-bond donors (Lipinski definition) is 1. The van der Waals surface area contributed by atoms with Crippen molar-refractivity contribution in [2.24, 2.45) is 0 Å². The van der Waals surface area contributed by atoms with Crippen molar-refractivity contribution in [1.82, 2.24) is 0 Å². The molecule has 2 aromatic carbocycles. The molecule has 0 aliphatic carbocycles. The molecule has 0 fully saturated rings. The summed E-state index contributed by atoms with van der Waals surface area (Å²) in [6, 6.07) is 12.5. The summed E-state index contributed by atoms with van der Waals surface area (Å²) in [5.41, 5.74) is -0.0847. The summed E-state index contributed by atoms with van der Waals surface area (Å²) in [5.74, 6) is -0.0912. The molecular weight excluding hydrogens is 354 g/mol. The number of rotatable bonds is 6. The van der Waals surface area contributed by atoms with Crippen LogP contribution >= 0.6 is 11.6 Å². The summed E-state index contributed by atoms with van der Waals surface area (Å²) in [6.45, 7) is 3.73. The van der Waals surface area contributed by atoms with Gasteiger partial charge in [0.15, 0.2) is 5.60 Å². The SMILES string of the molecule is CC(=O)CC1(O)C(=O)N(CCOc2ccccc2C)c2c(Cl)cccc21. The van der Waals surface area contributed by atoms with E-state index in [1.165, 1.54) is 11.8 Å². The first-order chi connectivity index (χ1) is 12.3. The van der Waals surface area contributed by atoms with Crippen LogP contribution in [-0.4, -0.2) is 29.9 Å². The third-order valence-electron chi connectivity index (χ3n) is 4.47. The van der Waals surface area contributed by atoms with E-state index in [2.05, 4.69) is 0 Å². The molecule has 136 valence electrons. The second kappa shape index (κ2) is 7.09. The van der Waals surface area contributed by atoms with Crippen LogP contribution < -0.4 is 9.64 Å². The number of ketones is 1. The number of fused-ring (bicyclic) bond motifs is 1. The maximum absolute atomic E-state index is 12.9. The lowest BCUT2D eigenvalue weighted by atomic mass is 9.90. The molecule has 0 saturated carbocycles. The van der Waals surface area contributed by atoms with Gasteiger partial charge in [-0.2, -0.15) is 0 Å². The number of Topliss-reactive ketones (excluding diaryl/α,β-unsaturated/α-hetero) is 1. The van der Waals surface area contributed by atoms with Gasteiger partial charge in [0, 0.05) is 12.0 Å². The van der Waals surface area contributed by atoms with Gasteiger partial charge in [0.05, 0.1) is 17.3 Å². The number of aliphatic hydroxyl groups is 1. The summed E-state index contributed by atoms with van der Waals surface area (Å²) in [6.07, 6.45) is -0.283. The fourth-order valence-corrected chi connectivity index (χ4v) is 3.55. The van der Waals surface area contributed by atoms with Crippen molar-refractivity contribution in [2.75, 3.05) is 18.1 Å². The van der Waals surface area contributed by atoms with Crippen molar-refractivity contribution in [3.8, 4) is 5.75 Å². The molecule has 0 saturated heterocycles. The van der Waals surface area contributed by atoms with E-state index in [0.29, 0.717) is 16.3 Å². The molecule has 0 bridgehead atoms. The highest BCUT2D eigenvalue weighted by Gasteiger charge is 2.51. The van der Waals surface area contributed by atoms with Gasteiger partial charge in [-0.1, -0.05) is 41.9 Å². The number of benzene rings is 2. The van der Waals surface area contributed by atoms with E-state index in [1.54, 1.807) is 18.2 Å². The van der Waals surface area contributed by atoms with Crippen LogP contribution in [0, 0.1) is 6.92 Å². The zero-order chi connectivity index (χ0) is 18.9. The van der Waals surface area contributed by atoms with Gasteiger partial charge in [-0.05, 0) is 31.5 Å². The first-order valence-corrected chi connectivity index (χ1v) is 8.73. The van der Waals surface area contributed by atoms with Gasteiger partial charge in [0.1, 0.15) is 18.1 Å². The minimum atomic E-state index is -1.88. The van der Waals surface area contributed by atoms with Crippen LogP contribution in [0.3, 0.4) is 0 Å². The average Bonchev–Trinajstić information content (AvgIpc) is 2.79. The van der Waals surface area contributed by atoms with Crippen molar-refractivity contribution in [3.63, 3.8) is 0 Å². The summed E-state index contributed by atoms with van der Waals surface area (Å²) in [4.78, 5) is 25.9. The molecule has 1 aliphatic rings. The fraction of sp³-hybridized carbons (Fsp3) is 0.300. The van der Waals surface area contributed by atoms with Crippen molar-refractivity contribution < 1.29 is 19.4 Å². The molecule has 3 rings (SSSR count). The Bertz CT molecular complexity index is 867. The summed E-state index contributed by atoms with van der Waals surface area (Å²) in [5, 5.41) is 11.3. The van der Waals surface area contributed by atoms with Gasteiger partial charge < -0.3 is 14.7 Å². The van der Waals surface area contributed by atoms with Crippen molar-refractivity contribution >= 4 is 29.0 Å². The largest absolute Gasteiger partial charge is 0.491 e. The second-order valence-electron chi connectivity index (χ2n) is 6.45. The molecule has 0 radical (unpaired) electrons. The van der Waals surface area contributed by atoms with Gasteiger partial charge >= 0.3 is 0 Å². The Kier molecular flexibility index (Phi) is 5.03. The quantitative estimate of drug-likeness (QED) is 0.844. The Morgan fingerprint density at radius 1 is 1.23 bits per heavy atom. The molecular formula is C20H20ClNO4. The molecule has 5 nitrogen and oxygen atoms in total. The van der Waals surface area contributed by atoms with Crippen LogP contribution in [0.5, 0.6) is 5.75 Å². The van der Waals surface area contributed by atoms with E-state index < -0.39 is 11.5 Å². The van der Waals surface area contributed by atoms with Gasteiger partial charge in [-0.25, -0.2) is 0 Å². The first kappa shape index (κ1) is 18.4. The number of anilines is 1. The Morgan fingerprint density at radius 2 is 1.96 bits per heavy atom. The summed E-state index contributed by atoms with van der Waals surface area (Å²) >= 11 is 6.28. The number of hydrogen-bond acceptors (Lipinski definition) is 4. The Hall–Kier alpha value is -2.37. The number of amides is 1. The second-order valence-corrected chi connectivity index (χ2v) is 6.85. The highest BCUT2D eigenvalue weighted by Crippen LogP contribution is 2.45. The molecule has 1 amide bonds. The van der Waals surface area contributed by atoms with Crippen LogP contribution in [0.15, 0.2) is 42.5 Å². The number of aryl methyl sites for hydroxylation is 1. The molecule has 26 heavy (non-hydrogen) atoms. The van der Waals surface area contributed by atoms with Gasteiger partial charge in [0.2, 0.25) is 0 Å². The minimum Gasteiger partial charge on any atom is -0.491 e. The molecule has 1 unspecified atom stereocenters. The number of carbonyl (C=O) groups is 2. The zero-order valence-corrected chi connectivity index (χ0v) is 15.4. The van der Waals surface area contributed by atoms with Crippen LogP contribution in [-0.2, 0) is 15.2 Å². The minimum absolute atomic E-state index is 0.212. The van der Waals surface area contributed by atoms with Crippen molar-refractivity contribution in [3.05, 3.63) is 58.6 Å². The van der Waals surface area contributed by atoms with Crippen LogP contribution in [0.25, 0.3) is 0 Å². The van der Waals surface area contributed by atoms with Gasteiger partial charge in [-0.3, -0.25) is 9.59 Å². The molecule has 0 aromatic heterocycles. The maximum Gasteiger partial charge on any atom is 0.264 e. The summed E-state index contributed by atoms with van der Waals surface area (Å²) < 4.78 is 5.77. The maximum atomic E-state index is 12.9. The lowest BCUT2D eigenvalue weighted by Crippen LogP contribution is -2.43. The lowest BCUT2D eigenvalue weighted by molar-refractivity contribution is -0.141. The van der Waals surface area contributed by atoms with Gasteiger partial charge in [-0.15, -0.1) is 0 Å². The molecule has 1 heterocycles. The molecule has 2 aromatic rings. The van der Waals surface area contributed by atoms with E-state index in [9.17, 15) is 14.7 Å². The van der Waals surface area contributed by atoms with Crippen LogP contribution in [0.2, 0.25) is 5.02 Å². The van der Waals surface area contributed by atoms with Crippen LogP contribution in [0.4, 0.5) is 5.69 Å². The third kappa shape index (κ3) is 3.20. The number of carbonyl (C=O) groups excluding carboxylic acids is 2. The Labute approximate surface area is 157 Å². The molecule has 0 spiro atoms. The number of nitrogens with zero attached hydrogens (tertiary/aromatic N) is 1. The van der Waals surface area contributed by atoms with Crippen LogP contribution in [0.1, 0.15) is 24.5 Å².